The van der Waals surface area contributed by atoms with Gasteiger partial charge in [-0.3, -0.25) is 5.41 Å². The van der Waals surface area contributed by atoms with Crippen LogP contribution < -0.4 is 10.5 Å². The Morgan fingerprint density at radius 3 is 2.48 bits per heavy atom. The van der Waals surface area contributed by atoms with Gasteiger partial charge in [0.05, 0.1) is 5.56 Å². The molecule has 0 radical (unpaired) electrons. The van der Waals surface area contributed by atoms with Crippen LogP contribution in [0, 0.1) is 12.3 Å². The highest BCUT2D eigenvalue weighted by atomic mass is 79.9. The molecule has 0 saturated carbocycles. The molecule has 0 aliphatic carbocycles. The van der Waals surface area contributed by atoms with Crippen LogP contribution in [0.15, 0.2) is 40.9 Å². The van der Waals surface area contributed by atoms with Gasteiger partial charge in [-0.1, -0.05) is 35.8 Å². The highest BCUT2D eigenvalue weighted by molar-refractivity contribution is 9.10. The highest BCUT2D eigenvalue weighted by Gasteiger charge is 2.10. The summed E-state index contributed by atoms with van der Waals surface area (Å²) in [6.45, 7) is 6.42. The molecule has 3 N–H and O–H groups in total. The van der Waals surface area contributed by atoms with E-state index in [1.54, 1.807) is 6.07 Å². The van der Waals surface area contributed by atoms with E-state index in [1.807, 2.05) is 24.3 Å². The van der Waals surface area contributed by atoms with Gasteiger partial charge in [0.15, 0.2) is 0 Å². The van der Waals surface area contributed by atoms with Crippen LogP contribution in [0.25, 0.3) is 0 Å². The molecular formula is C17H19BrN2O. The van der Waals surface area contributed by atoms with Crippen molar-refractivity contribution in [3.05, 3.63) is 57.6 Å². The fraction of sp³-hybridized carbons (Fsp3) is 0.235. The number of ether oxygens (including phenoxy) is 1. The Kier molecular flexibility index (Phi) is 4.68. The van der Waals surface area contributed by atoms with Crippen molar-refractivity contribution in [3.63, 3.8) is 0 Å². The fourth-order valence-electron chi connectivity index (χ4n) is 2.29. The van der Waals surface area contributed by atoms with Gasteiger partial charge < -0.3 is 10.5 Å². The number of rotatable bonds is 4. The molecule has 0 amide bonds. The quantitative estimate of drug-likeness (QED) is 0.607. The molecule has 0 aliphatic rings. The highest BCUT2D eigenvalue weighted by Crippen LogP contribution is 2.30. The molecule has 0 unspecified atom stereocenters. The molecule has 0 atom stereocenters. The molecule has 0 aromatic heterocycles. The van der Waals surface area contributed by atoms with E-state index in [0.717, 1.165) is 10.2 Å². The molecule has 0 heterocycles. The fourth-order valence-corrected chi connectivity index (χ4v) is 2.65. The number of amidine groups is 1. The molecule has 0 fully saturated rings. The van der Waals surface area contributed by atoms with Crippen LogP contribution in [0.4, 0.5) is 0 Å². The Morgan fingerprint density at radius 1 is 1.19 bits per heavy atom. The number of hydrogen-bond donors (Lipinski definition) is 2. The standard InChI is InChI=1S/C17H19BrN2O/c1-10(2)14-6-5-13(8-11(14)3)21-16-7-4-12(18)9-15(16)17(19)20/h4-10H,1-3H3,(H3,19,20). The normalized spacial score (nSPS) is 10.7. The van der Waals surface area contributed by atoms with Crippen molar-refractivity contribution in [1.82, 2.24) is 0 Å². The van der Waals surface area contributed by atoms with Gasteiger partial charge >= 0.3 is 0 Å². The van der Waals surface area contributed by atoms with Gasteiger partial charge in [0.2, 0.25) is 0 Å². The summed E-state index contributed by atoms with van der Waals surface area (Å²) in [7, 11) is 0. The lowest BCUT2D eigenvalue weighted by Crippen LogP contribution is -2.12. The van der Waals surface area contributed by atoms with Crippen LogP contribution in [0.1, 0.15) is 36.5 Å². The van der Waals surface area contributed by atoms with Crippen LogP contribution >= 0.6 is 15.9 Å². The maximum atomic E-state index is 7.65. The zero-order valence-corrected chi connectivity index (χ0v) is 14.0. The Morgan fingerprint density at radius 2 is 1.90 bits per heavy atom. The van der Waals surface area contributed by atoms with Crippen molar-refractivity contribution in [1.29, 1.82) is 5.41 Å². The van der Waals surface area contributed by atoms with Crippen molar-refractivity contribution in [3.8, 4) is 11.5 Å². The van der Waals surface area contributed by atoms with E-state index >= 15 is 0 Å². The van der Waals surface area contributed by atoms with Gasteiger partial charge in [-0.05, 0) is 54.3 Å². The minimum atomic E-state index is -0.0122. The number of nitrogen functional groups attached to an aromatic ring is 1. The van der Waals surface area contributed by atoms with Crippen LogP contribution in [-0.2, 0) is 0 Å². The van der Waals surface area contributed by atoms with Crippen molar-refractivity contribution in [2.45, 2.75) is 26.7 Å². The van der Waals surface area contributed by atoms with E-state index < -0.39 is 0 Å². The molecule has 3 nitrogen and oxygen atoms in total. The van der Waals surface area contributed by atoms with Gasteiger partial charge in [0.1, 0.15) is 17.3 Å². The van der Waals surface area contributed by atoms with E-state index in [1.165, 1.54) is 11.1 Å². The van der Waals surface area contributed by atoms with E-state index in [-0.39, 0.29) is 5.84 Å². The molecule has 2 rings (SSSR count). The summed E-state index contributed by atoms with van der Waals surface area (Å²) in [6, 6.07) is 11.5. The lowest BCUT2D eigenvalue weighted by Gasteiger charge is -2.14. The molecule has 0 aliphatic heterocycles. The number of nitrogens with one attached hydrogen (secondary N) is 1. The summed E-state index contributed by atoms with van der Waals surface area (Å²) >= 11 is 3.38. The third-order valence-corrected chi connectivity index (χ3v) is 3.82. The monoisotopic (exact) mass is 346 g/mol. The van der Waals surface area contributed by atoms with E-state index in [2.05, 4.69) is 42.8 Å². The predicted octanol–water partition coefficient (Wildman–Crippen LogP) is 4.96. The zero-order valence-electron chi connectivity index (χ0n) is 12.4. The molecule has 2 aromatic carbocycles. The van der Waals surface area contributed by atoms with Crippen molar-refractivity contribution in [2.75, 3.05) is 0 Å². The van der Waals surface area contributed by atoms with E-state index in [9.17, 15) is 0 Å². The van der Waals surface area contributed by atoms with Crippen LogP contribution in [-0.4, -0.2) is 5.84 Å². The minimum Gasteiger partial charge on any atom is -0.457 e. The number of hydrogen-bond acceptors (Lipinski definition) is 2. The lowest BCUT2D eigenvalue weighted by atomic mass is 9.98. The minimum absolute atomic E-state index is 0.0122. The van der Waals surface area contributed by atoms with Gasteiger partial charge in [0.25, 0.3) is 0 Å². The molecular weight excluding hydrogens is 328 g/mol. The van der Waals surface area contributed by atoms with Gasteiger partial charge in [0, 0.05) is 4.47 Å². The van der Waals surface area contributed by atoms with Crippen molar-refractivity contribution < 1.29 is 4.74 Å². The van der Waals surface area contributed by atoms with Crippen molar-refractivity contribution >= 4 is 21.8 Å². The summed E-state index contributed by atoms with van der Waals surface area (Å²) in [5.74, 6) is 1.81. The summed E-state index contributed by atoms with van der Waals surface area (Å²) < 4.78 is 6.77. The Hall–Kier alpha value is -1.81. The van der Waals surface area contributed by atoms with Gasteiger partial charge in [-0.25, -0.2) is 0 Å². The van der Waals surface area contributed by atoms with Crippen LogP contribution in [0.2, 0.25) is 0 Å². The first-order chi connectivity index (χ1) is 9.88. The second-order valence-corrected chi connectivity index (χ2v) is 6.24. The van der Waals surface area contributed by atoms with Crippen LogP contribution in [0.3, 0.4) is 0 Å². The molecule has 4 heteroatoms. The number of halogens is 1. The third-order valence-electron chi connectivity index (χ3n) is 3.32. The average Bonchev–Trinajstić information content (AvgIpc) is 2.40. The maximum absolute atomic E-state index is 7.65. The molecule has 0 spiro atoms. The van der Waals surface area contributed by atoms with Crippen molar-refractivity contribution in [2.24, 2.45) is 5.73 Å². The summed E-state index contributed by atoms with van der Waals surface area (Å²) in [6.07, 6.45) is 0. The second kappa shape index (κ2) is 6.31. The third kappa shape index (κ3) is 3.64. The first-order valence-electron chi connectivity index (χ1n) is 6.81. The van der Waals surface area contributed by atoms with E-state index in [4.69, 9.17) is 15.9 Å². The first-order valence-corrected chi connectivity index (χ1v) is 7.60. The smallest absolute Gasteiger partial charge is 0.138 e. The van der Waals surface area contributed by atoms with Crippen LogP contribution in [0.5, 0.6) is 11.5 Å². The topological polar surface area (TPSA) is 59.1 Å². The second-order valence-electron chi connectivity index (χ2n) is 5.33. The largest absolute Gasteiger partial charge is 0.457 e. The zero-order chi connectivity index (χ0) is 15.6. The Bertz CT molecular complexity index is 680. The number of aryl methyl sites for hydroxylation is 1. The molecule has 21 heavy (non-hydrogen) atoms. The molecule has 110 valence electrons. The van der Waals surface area contributed by atoms with Gasteiger partial charge in [-0.2, -0.15) is 0 Å². The molecule has 0 saturated heterocycles. The average molecular weight is 347 g/mol. The molecule has 2 aromatic rings. The Labute approximate surface area is 133 Å². The first kappa shape index (κ1) is 15.6. The summed E-state index contributed by atoms with van der Waals surface area (Å²) in [4.78, 5) is 0. The Balaban J connectivity index is 2.35. The summed E-state index contributed by atoms with van der Waals surface area (Å²) in [5, 5.41) is 7.65. The number of nitrogens with two attached hydrogens (primary N) is 1. The lowest BCUT2D eigenvalue weighted by molar-refractivity contribution is 0.480. The SMILES string of the molecule is Cc1cc(Oc2ccc(Br)cc2C(=N)N)ccc1C(C)C. The molecule has 0 bridgehead atoms. The van der Waals surface area contributed by atoms with E-state index in [0.29, 0.717) is 17.2 Å². The predicted molar refractivity (Wildman–Crippen MR) is 90.5 cm³/mol. The number of benzene rings is 2. The van der Waals surface area contributed by atoms with Gasteiger partial charge in [-0.15, -0.1) is 0 Å². The summed E-state index contributed by atoms with van der Waals surface area (Å²) in [5.41, 5.74) is 8.70. The maximum Gasteiger partial charge on any atom is 0.138 e.